The maximum Gasteiger partial charge on any atom is 0.346 e. The van der Waals surface area contributed by atoms with Crippen molar-refractivity contribution < 1.29 is 19.1 Å². The average Bonchev–Trinajstić information content (AvgIpc) is 3.39. The molecule has 2 aromatic rings. The highest BCUT2D eigenvalue weighted by molar-refractivity contribution is 6.33. The molecule has 3 heterocycles. The molecule has 1 aromatic heterocycles. The summed E-state index contributed by atoms with van der Waals surface area (Å²) >= 11 is 6.08. The van der Waals surface area contributed by atoms with Crippen molar-refractivity contribution in [2.75, 3.05) is 58.7 Å². The van der Waals surface area contributed by atoms with Crippen molar-refractivity contribution in [2.24, 2.45) is 5.92 Å². The minimum Gasteiger partial charge on any atom is -0.496 e. The van der Waals surface area contributed by atoms with Crippen LogP contribution in [-0.2, 0) is 4.74 Å². The Hall–Kier alpha value is -2.89. The Balaban J connectivity index is 1.23. The van der Waals surface area contributed by atoms with Crippen LogP contribution >= 0.6 is 11.6 Å². The molecular formula is C22H30ClN7O4. The molecule has 2 fully saturated rings. The van der Waals surface area contributed by atoms with Gasteiger partial charge in [-0.25, -0.2) is 4.79 Å². The molecule has 2 amide bonds. The normalized spacial score (nSPS) is 19.7. The minimum absolute atomic E-state index is 0.109. The average molecular weight is 492 g/mol. The fourth-order valence-corrected chi connectivity index (χ4v) is 4.58. The number of nitrogens with zero attached hydrogens (tertiary/aromatic N) is 5. The molecule has 2 saturated heterocycles. The number of nitrogens with two attached hydrogens (primary N) is 1. The van der Waals surface area contributed by atoms with Crippen LogP contribution in [0, 0.1) is 5.92 Å². The topological polar surface area (TPSA) is 128 Å². The molecule has 1 unspecified atom stereocenters. The molecule has 2 aliphatic rings. The third-order valence-electron chi connectivity index (χ3n) is 6.30. The number of aromatic nitrogens is 3. The van der Waals surface area contributed by atoms with E-state index in [1.54, 1.807) is 12.3 Å². The van der Waals surface area contributed by atoms with Crippen LogP contribution in [0.3, 0.4) is 0 Å². The van der Waals surface area contributed by atoms with Crippen LogP contribution in [0.1, 0.15) is 23.2 Å². The molecule has 11 nitrogen and oxygen atoms in total. The zero-order valence-electron chi connectivity index (χ0n) is 19.2. The van der Waals surface area contributed by atoms with Crippen molar-refractivity contribution in [3.05, 3.63) is 35.1 Å². The fourth-order valence-electron chi connectivity index (χ4n) is 4.41. The highest BCUT2D eigenvalue weighted by Crippen LogP contribution is 2.28. The number of morpholine rings is 1. The largest absolute Gasteiger partial charge is 0.496 e. The molecule has 0 aliphatic carbocycles. The number of piperidine rings is 1. The molecule has 0 radical (unpaired) electrons. The lowest BCUT2D eigenvalue weighted by molar-refractivity contribution is -0.0330. The summed E-state index contributed by atoms with van der Waals surface area (Å²) in [5.41, 5.74) is 6.49. The van der Waals surface area contributed by atoms with Crippen molar-refractivity contribution in [1.29, 1.82) is 0 Å². The first-order valence-electron chi connectivity index (χ1n) is 11.4. The Kier molecular flexibility index (Phi) is 7.86. The number of carbonyl (C=O) groups is 2. The number of methoxy groups -OCH3 is 1. The molecule has 1 atom stereocenters. The number of hydrogen-bond acceptors (Lipinski definition) is 8. The van der Waals surface area contributed by atoms with Gasteiger partial charge in [0.05, 0.1) is 48.5 Å². The number of carbonyl (C=O) groups excluding carboxylic acids is 2. The highest BCUT2D eigenvalue weighted by Gasteiger charge is 2.28. The van der Waals surface area contributed by atoms with E-state index >= 15 is 0 Å². The number of hydrogen-bond donors (Lipinski definition) is 2. The van der Waals surface area contributed by atoms with E-state index in [1.165, 1.54) is 24.1 Å². The number of nitrogens with one attached hydrogen (secondary N) is 1. The number of likely N-dealkylation sites (tertiary alicyclic amines) is 1. The molecule has 34 heavy (non-hydrogen) atoms. The summed E-state index contributed by atoms with van der Waals surface area (Å²) in [5.74, 6) is 0.595. The summed E-state index contributed by atoms with van der Waals surface area (Å²) in [5, 5.41) is 10.7. The summed E-state index contributed by atoms with van der Waals surface area (Å²) in [6.07, 6.45) is 4.85. The fraction of sp³-hybridized carbons (Fsp3) is 0.545. The Morgan fingerprint density at radius 1 is 1.29 bits per heavy atom. The summed E-state index contributed by atoms with van der Waals surface area (Å²) in [7, 11) is 1.48. The summed E-state index contributed by atoms with van der Waals surface area (Å²) < 4.78 is 12.4. The lowest BCUT2D eigenvalue weighted by Crippen LogP contribution is -2.50. The Morgan fingerprint density at radius 3 is 2.79 bits per heavy atom. The van der Waals surface area contributed by atoms with E-state index in [0.29, 0.717) is 54.2 Å². The van der Waals surface area contributed by atoms with E-state index < -0.39 is 0 Å². The van der Waals surface area contributed by atoms with Gasteiger partial charge in [-0.15, -0.1) is 5.10 Å². The van der Waals surface area contributed by atoms with Gasteiger partial charge in [0.1, 0.15) is 5.75 Å². The molecule has 184 valence electrons. The number of nitrogen functional groups attached to an aromatic ring is 1. The van der Waals surface area contributed by atoms with Crippen molar-refractivity contribution in [1.82, 2.24) is 30.1 Å². The van der Waals surface area contributed by atoms with Gasteiger partial charge in [-0.05, 0) is 24.8 Å². The van der Waals surface area contributed by atoms with Crippen LogP contribution in [0.4, 0.5) is 10.5 Å². The number of ether oxygens (including phenoxy) is 2. The molecule has 4 rings (SSSR count). The van der Waals surface area contributed by atoms with E-state index in [4.69, 9.17) is 26.8 Å². The number of halogens is 1. The van der Waals surface area contributed by atoms with Gasteiger partial charge in [0.15, 0.2) is 0 Å². The SMILES string of the molecule is COc1cc(N)c(Cl)cc1C(=O)NCC1CN(CC2CCN(C(=O)n3ccnn3)CC2)CCO1. The second-order valence-corrected chi connectivity index (χ2v) is 9.00. The van der Waals surface area contributed by atoms with E-state index in [1.807, 2.05) is 4.90 Å². The predicted octanol–water partition coefficient (Wildman–Crippen LogP) is 1.33. The lowest BCUT2D eigenvalue weighted by Gasteiger charge is -2.38. The minimum atomic E-state index is -0.288. The van der Waals surface area contributed by atoms with Gasteiger partial charge in [-0.1, -0.05) is 16.8 Å². The molecule has 0 spiro atoms. The van der Waals surface area contributed by atoms with Gasteiger partial charge >= 0.3 is 6.03 Å². The smallest absolute Gasteiger partial charge is 0.346 e. The second-order valence-electron chi connectivity index (χ2n) is 8.60. The zero-order chi connectivity index (χ0) is 24.1. The van der Waals surface area contributed by atoms with Crippen LogP contribution in [0.2, 0.25) is 5.02 Å². The maximum absolute atomic E-state index is 12.7. The van der Waals surface area contributed by atoms with Crippen LogP contribution in [0.5, 0.6) is 5.75 Å². The molecule has 2 aliphatic heterocycles. The van der Waals surface area contributed by atoms with E-state index in [-0.39, 0.29) is 18.0 Å². The van der Waals surface area contributed by atoms with Crippen LogP contribution in [0.15, 0.2) is 24.5 Å². The second kappa shape index (κ2) is 11.0. The van der Waals surface area contributed by atoms with Gasteiger partial charge in [-0.2, -0.15) is 4.68 Å². The number of anilines is 1. The van der Waals surface area contributed by atoms with Crippen molar-refractivity contribution in [2.45, 2.75) is 18.9 Å². The molecular weight excluding hydrogens is 462 g/mol. The van der Waals surface area contributed by atoms with Gasteiger partial charge in [0, 0.05) is 45.3 Å². The van der Waals surface area contributed by atoms with Crippen LogP contribution in [0.25, 0.3) is 0 Å². The monoisotopic (exact) mass is 491 g/mol. The number of amides is 2. The first-order chi connectivity index (χ1) is 16.4. The maximum atomic E-state index is 12.7. The van der Waals surface area contributed by atoms with Gasteiger partial charge in [0.25, 0.3) is 5.91 Å². The standard InChI is InChI=1S/C22H30ClN7O4/c1-33-20-11-19(24)18(23)10-17(20)21(31)25-12-16-14-28(8-9-34-16)13-15-2-5-29(6-3-15)22(32)30-7-4-26-27-30/h4,7,10-11,15-16H,2-3,5-6,8-9,12-14,24H2,1H3,(H,25,31). The number of benzene rings is 1. The summed E-state index contributed by atoms with van der Waals surface area (Å²) in [6.45, 7) is 4.94. The first kappa shape index (κ1) is 24.2. The van der Waals surface area contributed by atoms with Gasteiger partial charge in [-0.3, -0.25) is 9.69 Å². The molecule has 0 saturated carbocycles. The van der Waals surface area contributed by atoms with Crippen LogP contribution in [-0.4, -0.2) is 95.8 Å². The van der Waals surface area contributed by atoms with E-state index in [9.17, 15) is 9.59 Å². The number of rotatable bonds is 6. The molecule has 12 heteroatoms. The van der Waals surface area contributed by atoms with Gasteiger partial charge < -0.3 is 25.4 Å². The van der Waals surface area contributed by atoms with E-state index in [0.717, 1.165) is 32.5 Å². The molecule has 1 aromatic carbocycles. The first-order valence-corrected chi connectivity index (χ1v) is 11.7. The van der Waals surface area contributed by atoms with Crippen molar-refractivity contribution in [3.8, 4) is 5.75 Å². The van der Waals surface area contributed by atoms with Gasteiger partial charge in [0.2, 0.25) is 0 Å². The van der Waals surface area contributed by atoms with E-state index in [2.05, 4.69) is 20.5 Å². The lowest BCUT2D eigenvalue weighted by atomic mass is 9.96. The third kappa shape index (κ3) is 5.78. The summed E-state index contributed by atoms with van der Waals surface area (Å²) in [6, 6.07) is 2.93. The van der Waals surface area contributed by atoms with Crippen molar-refractivity contribution >= 4 is 29.2 Å². The highest BCUT2D eigenvalue weighted by atomic mass is 35.5. The zero-order valence-corrected chi connectivity index (χ0v) is 19.9. The Morgan fingerprint density at radius 2 is 2.09 bits per heavy atom. The van der Waals surface area contributed by atoms with Crippen molar-refractivity contribution in [3.63, 3.8) is 0 Å². The van der Waals surface area contributed by atoms with Crippen LogP contribution < -0.4 is 15.8 Å². The third-order valence-corrected chi connectivity index (χ3v) is 6.62. The quantitative estimate of drug-likeness (QED) is 0.579. The predicted molar refractivity (Wildman–Crippen MR) is 126 cm³/mol. The Bertz CT molecular complexity index is 995. The summed E-state index contributed by atoms with van der Waals surface area (Å²) in [4.78, 5) is 29.3. The molecule has 3 N–H and O–H groups in total. The molecule has 0 bridgehead atoms. The Labute approximate surface area is 203 Å².